The first kappa shape index (κ1) is 14.0. The molecule has 96 valence electrons. The number of hydrogen-bond donors (Lipinski definition) is 1. The van der Waals surface area contributed by atoms with Crippen LogP contribution in [0.25, 0.3) is 0 Å². The lowest BCUT2D eigenvalue weighted by Gasteiger charge is -2.28. The van der Waals surface area contributed by atoms with Crippen molar-refractivity contribution >= 4 is 5.91 Å². The average molecular weight is 236 g/mol. The van der Waals surface area contributed by atoms with Crippen LogP contribution in [0.5, 0.6) is 0 Å². The van der Waals surface area contributed by atoms with Gasteiger partial charge < -0.3 is 5.32 Å². The van der Waals surface area contributed by atoms with Crippen LogP contribution in [0.3, 0.4) is 0 Å². The zero-order valence-corrected chi connectivity index (χ0v) is 11.7. The van der Waals surface area contributed by atoms with E-state index in [2.05, 4.69) is 32.2 Å². The summed E-state index contributed by atoms with van der Waals surface area (Å²) in [5.74, 6) is 0.0146. The maximum absolute atomic E-state index is 12.1. The summed E-state index contributed by atoms with van der Waals surface area (Å²) in [5, 5.41) is 11.9. The van der Waals surface area contributed by atoms with Crippen molar-refractivity contribution < 1.29 is 4.79 Å². The van der Waals surface area contributed by atoms with Crippen molar-refractivity contribution in [2.24, 2.45) is 10.8 Å². The molecule has 1 rings (SSSR count). The molecule has 0 spiro atoms. The highest BCUT2D eigenvalue weighted by molar-refractivity contribution is 5.83. The number of carbonyl (C=O) groups is 1. The van der Waals surface area contributed by atoms with Crippen LogP contribution < -0.4 is 5.32 Å². The molecule has 1 N–H and O–H groups in total. The molecule has 3 heteroatoms. The quantitative estimate of drug-likeness (QED) is 0.815. The molecule has 1 fully saturated rings. The normalized spacial score (nSPS) is 18.4. The molecule has 17 heavy (non-hydrogen) atoms. The Morgan fingerprint density at radius 2 is 1.76 bits per heavy atom. The Hall–Kier alpha value is -1.04. The molecule has 0 unspecified atom stereocenters. The minimum absolute atomic E-state index is 0.0146. The SMILES string of the molecule is CC(C)(C)CCC(C)(C)C(=O)NC1(C#N)CC1. The van der Waals surface area contributed by atoms with Crippen molar-refractivity contribution in [2.75, 3.05) is 0 Å². The van der Waals surface area contributed by atoms with Crippen LogP contribution in [0.1, 0.15) is 60.3 Å². The van der Waals surface area contributed by atoms with Gasteiger partial charge in [0, 0.05) is 5.41 Å². The van der Waals surface area contributed by atoms with Crippen LogP contribution in [0.4, 0.5) is 0 Å². The standard InChI is InChI=1S/C14H24N2O/c1-12(2,3)6-7-13(4,5)11(17)16-14(10-15)8-9-14/h6-9H2,1-5H3,(H,16,17). The summed E-state index contributed by atoms with van der Waals surface area (Å²) in [5.41, 5.74) is -0.695. The fourth-order valence-electron chi connectivity index (χ4n) is 1.58. The zero-order chi connectivity index (χ0) is 13.3. The number of rotatable bonds is 4. The second-order valence-corrected chi connectivity index (χ2v) is 7.09. The first-order valence-electron chi connectivity index (χ1n) is 6.34. The Labute approximate surface area is 105 Å². The second kappa shape index (κ2) is 4.33. The van der Waals surface area contributed by atoms with Gasteiger partial charge in [-0.1, -0.05) is 34.6 Å². The number of nitrogens with zero attached hydrogens (tertiary/aromatic N) is 1. The van der Waals surface area contributed by atoms with Crippen LogP contribution in [0.2, 0.25) is 0 Å². The van der Waals surface area contributed by atoms with Gasteiger partial charge in [0.25, 0.3) is 0 Å². The molecule has 1 amide bonds. The molecule has 0 saturated heterocycles. The van der Waals surface area contributed by atoms with Gasteiger partial charge in [-0.05, 0) is 31.1 Å². The topological polar surface area (TPSA) is 52.9 Å². The first-order valence-corrected chi connectivity index (χ1v) is 6.34. The van der Waals surface area contributed by atoms with Gasteiger partial charge in [0.1, 0.15) is 5.54 Å². The van der Waals surface area contributed by atoms with Crippen molar-refractivity contribution in [1.29, 1.82) is 5.26 Å². The van der Waals surface area contributed by atoms with Crippen molar-refractivity contribution in [2.45, 2.75) is 65.8 Å². The smallest absolute Gasteiger partial charge is 0.226 e. The Bertz CT molecular complexity index is 340. The third-order valence-electron chi connectivity index (χ3n) is 3.43. The van der Waals surface area contributed by atoms with E-state index in [-0.39, 0.29) is 16.7 Å². The number of hydrogen-bond acceptors (Lipinski definition) is 2. The van der Waals surface area contributed by atoms with Crippen LogP contribution in [-0.4, -0.2) is 11.4 Å². The lowest BCUT2D eigenvalue weighted by Crippen LogP contribution is -2.44. The lowest BCUT2D eigenvalue weighted by atomic mass is 9.79. The van der Waals surface area contributed by atoms with E-state index in [1.54, 1.807) is 0 Å². The molecule has 0 bridgehead atoms. The van der Waals surface area contributed by atoms with E-state index < -0.39 is 5.54 Å². The molecule has 1 aliphatic carbocycles. The Morgan fingerprint density at radius 1 is 1.24 bits per heavy atom. The molecular formula is C14H24N2O. The molecule has 3 nitrogen and oxygen atoms in total. The molecule has 0 aromatic rings. The van der Waals surface area contributed by atoms with E-state index >= 15 is 0 Å². The van der Waals surface area contributed by atoms with Gasteiger partial charge >= 0.3 is 0 Å². The van der Waals surface area contributed by atoms with Crippen LogP contribution in [0.15, 0.2) is 0 Å². The predicted octanol–water partition coefficient (Wildman–Crippen LogP) is 3.01. The molecule has 1 aliphatic rings. The van der Waals surface area contributed by atoms with Gasteiger partial charge in [-0.3, -0.25) is 4.79 Å². The van der Waals surface area contributed by atoms with Gasteiger partial charge in [0.05, 0.1) is 6.07 Å². The predicted molar refractivity (Wildman–Crippen MR) is 68.2 cm³/mol. The molecule has 0 aromatic heterocycles. The Kier molecular flexibility index (Phi) is 3.57. The number of carbonyl (C=O) groups excluding carboxylic acids is 1. The summed E-state index contributed by atoms with van der Waals surface area (Å²) in [7, 11) is 0. The van der Waals surface area contributed by atoms with E-state index in [1.807, 2.05) is 13.8 Å². The summed E-state index contributed by atoms with van der Waals surface area (Å²) in [4.78, 5) is 12.1. The van der Waals surface area contributed by atoms with Gasteiger partial charge in [-0.2, -0.15) is 5.26 Å². The lowest BCUT2D eigenvalue weighted by molar-refractivity contribution is -0.130. The summed E-state index contributed by atoms with van der Waals surface area (Å²) in [6.07, 6.45) is 3.45. The number of nitriles is 1. The fourth-order valence-corrected chi connectivity index (χ4v) is 1.58. The maximum Gasteiger partial charge on any atom is 0.226 e. The van der Waals surface area contributed by atoms with Crippen molar-refractivity contribution in [3.05, 3.63) is 0 Å². The Balaban J connectivity index is 2.52. The molecule has 0 aromatic carbocycles. The second-order valence-electron chi connectivity index (χ2n) is 7.09. The van der Waals surface area contributed by atoms with E-state index in [9.17, 15) is 4.79 Å². The third-order valence-corrected chi connectivity index (χ3v) is 3.43. The minimum Gasteiger partial charge on any atom is -0.337 e. The molecule has 0 aliphatic heterocycles. The van der Waals surface area contributed by atoms with Crippen LogP contribution >= 0.6 is 0 Å². The Morgan fingerprint density at radius 3 is 2.12 bits per heavy atom. The summed E-state index contributed by atoms with van der Waals surface area (Å²) < 4.78 is 0. The van der Waals surface area contributed by atoms with E-state index in [0.717, 1.165) is 25.7 Å². The minimum atomic E-state index is -0.546. The van der Waals surface area contributed by atoms with E-state index in [0.29, 0.717) is 0 Å². The average Bonchev–Trinajstić information content (AvgIpc) is 2.95. The van der Waals surface area contributed by atoms with Gasteiger partial charge in [-0.15, -0.1) is 0 Å². The first-order chi connectivity index (χ1) is 7.60. The molecule has 0 atom stereocenters. The number of amides is 1. The largest absolute Gasteiger partial charge is 0.337 e. The van der Waals surface area contributed by atoms with E-state index in [1.165, 1.54) is 0 Å². The monoisotopic (exact) mass is 236 g/mol. The molecular weight excluding hydrogens is 212 g/mol. The van der Waals surface area contributed by atoms with Gasteiger partial charge in [-0.25, -0.2) is 0 Å². The summed E-state index contributed by atoms with van der Waals surface area (Å²) >= 11 is 0. The highest BCUT2D eigenvalue weighted by Gasteiger charge is 2.46. The zero-order valence-electron chi connectivity index (χ0n) is 11.7. The van der Waals surface area contributed by atoms with Crippen molar-refractivity contribution in [3.63, 3.8) is 0 Å². The van der Waals surface area contributed by atoms with Crippen LogP contribution in [-0.2, 0) is 4.79 Å². The fraction of sp³-hybridized carbons (Fsp3) is 0.857. The van der Waals surface area contributed by atoms with E-state index in [4.69, 9.17) is 5.26 Å². The van der Waals surface area contributed by atoms with Crippen molar-refractivity contribution in [3.8, 4) is 6.07 Å². The number of nitrogens with one attached hydrogen (secondary N) is 1. The molecule has 1 saturated carbocycles. The van der Waals surface area contributed by atoms with Gasteiger partial charge in [0.15, 0.2) is 0 Å². The highest BCUT2D eigenvalue weighted by Crippen LogP contribution is 2.37. The van der Waals surface area contributed by atoms with Gasteiger partial charge in [0.2, 0.25) is 5.91 Å². The highest BCUT2D eigenvalue weighted by atomic mass is 16.2. The molecule has 0 heterocycles. The molecule has 0 radical (unpaired) electrons. The summed E-state index contributed by atoms with van der Waals surface area (Å²) in [6, 6.07) is 2.20. The maximum atomic E-state index is 12.1. The van der Waals surface area contributed by atoms with Crippen LogP contribution in [0, 0.1) is 22.2 Å². The van der Waals surface area contributed by atoms with Crippen molar-refractivity contribution in [1.82, 2.24) is 5.32 Å². The summed E-state index contributed by atoms with van der Waals surface area (Å²) in [6.45, 7) is 10.5. The third kappa shape index (κ3) is 4.03.